The van der Waals surface area contributed by atoms with Crippen LogP contribution in [0.5, 0.6) is 0 Å². The molecule has 6 heteroatoms. The van der Waals surface area contributed by atoms with Crippen LogP contribution in [0.25, 0.3) is 0 Å². The van der Waals surface area contributed by atoms with Gasteiger partial charge in [-0.2, -0.15) is 0 Å². The standard InChI is InChI=1S/C17H27N3O2S/c1-19-8-10-22-14-15(13-19)12-18-17(21)20(2)9-11-23-16-6-4-3-5-7-16/h3-7,15H,8-14H2,1-2H3,(H,18,21)/t15-/m1/s1. The number of carbonyl (C=O) groups is 1. The van der Waals surface area contributed by atoms with E-state index in [1.165, 1.54) is 4.90 Å². The van der Waals surface area contributed by atoms with Crippen molar-refractivity contribution < 1.29 is 9.53 Å². The van der Waals surface area contributed by atoms with Gasteiger partial charge in [0.25, 0.3) is 0 Å². The molecule has 23 heavy (non-hydrogen) atoms. The SMILES string of the molecule is CN1CCOC[C@H](CNC(=O)N(C)CCSc2ccccc2)C1. The summed E-state index contributed by atoms with van der Waals surface area (Å²) in [5.41, 5.74) is 0. The van der Waals surface area contributed by atoms with Crippen LogP contribution in [0.1, 0.15) is 0 Å². The van der Waals surface area contributed by atoms with Crippen molar-refractivity contribution in [1.29, 1.82) is 0 Å². The summed E-state index contributed by atoms with van der Waals surface area (Å²) in [5, 5.41) is 3.02. The molecular weight excluding hydrogens is 310 g/mol. The molecule has 2 rings (SSSR count). The maximum Gasteiger partial charge on any atom is 0.317 e. The van der Waals surface area contributed by atoms with Gasteiger partial charge in [0, 0.05) is 49.8 Å². The van der Waals surface area contributed by atoms with Gasteiger partial charge in [-0.15, -0.1) is 11.8 Å². The molecule has 1 fully saturated rings. The van der Waals surface area contributed by atoms with Gasteiger partial charge < -0.3 is 19.9 Å². The second kappa shape index (κ2) is 9.80. The Morgan fingerprint density at radius 1 is 1.43 bits per heavy atom. The van der Waals surface area contributed by atoms with E-state index in [-0.39, 0.29) is 6.03 Å². The number of thioether (sulfide) groups is 1. The molecule has 1 saturated heterocycles. The van der Waals surface area contributed by atoms with Crippen LogP contribution in [0, 0.1) is 5.92 Å². The van der Waals surface area contributed by atoms with Crippen LogP contribution in [-0.4, -0.2) is 75.1 Å². The van der Waals surface area contributed by atoms with E-state index in [2.05, 4.69) is 29.4 Å². The largest absolute Gasteiger partial charge is 0.380 e. The van der Waals surface area contributed by atoms with E-state index in [9.17, 15) is 4.79 Å². The lowest BCUT2D eigenvalue weighted by atomic mass is 10.1. The molecule has 1 aromatic rings. The number of benzene rings is 1. The number of urea groups is 1. The maximum atomic E-state index is 12.1. The van der Waals surface area contributed by atoms with Crippen LogP contribution in [-0.2, 0) is 4.74 Å². The molecule has 0 unspecified atom stereocenters. The Bertz CT molecular complexity index is 472. The molecule has 1 aliphatic heterocycles. The second-order valence-corrected chi connectivity index (χ2v) is 7.14. The normalized spacial score (nSPS) is 19.1. The lowest BCUT2D eigenvalue weighted by molar-refractivity contribution is 0.121. The number of nitrogens with zero attached hydrogens (tertiary/aromatic N) is 2. The maximum absolute atomic E-state index is 12.1. The van der Waals surface area contributed by atoms with E-state index in [1.807, 2.05) is 25.2 Å². The molecule has 1 N–H and O–H groups in total. The first kappa shape index (κ1) is 18.1. The Labute approximate surface area is 143 Å². The summed E-state index contributed by atoms with van der Waals surface area (Å²) in [7, 11) is 3.94. The van der Waals surface area contributed by atoms with Gasteiger partial charge in [-0.3, -0.25) is 0 Å². The number of amides is 2. The summed E-state index contributed by atoms with van der Waals surface area (Å²) in [5.74, 6) is 1.25. The average Bonchev–Trinajstić information content (AvgIpc) is 2.77. The quantitative estimate of drug-likeness (QED) is 0.807. The number of likely N-dealkylation sites (N-methyl/N-ethyl adjacent to an activating group) is 1. The Balaban J connectivity index is 1.64. The highest BCUT2D eigenvalue weighted by atomic mass is 32.2. The molecule has 0 aliphatic carbocycles. The molecule has 1 aliphatic rings. The Hall–Kier alpha value is -1.24. The molecule has 0 bridgehead atoms. The molecule has 2 amide bonds. The van der Waals surface area contributed by atoms with Crippen LogP contribution < -0.4 is 5.32 Å². The smallest absolute Gasteiger partial charge is 0.317 e. The molecule has 0 spiro atoms. The molecular formula is C17H27N3O2S. The minimum Gasteiger partial charge on any atom is -0.380 e. The highest BCUT2D eigenvalue weighted by molar-refractivity contribution is 7.99. The Kier molecular flexibility index (Phi) is 7.71. The van der Waals surface area contributed by atoms with E-state index in [1.54, 1.807) is 16.7 Å². The van der Waals surface area contributed by atoms with Crippen molar-refractivity contribution in [3.8, 4) is 0 Å². The average molecular weight is 337 g/mol. The van der Waals surface area contributed by atoms with E-state index < -0.39 is 0 Å². The molecule has 128 valence electrons. The number of rotatable bonds is 6. The third-order valence-corrected chi connectivity index (χ3v) is 4.86. The zero-order valence-electron chi connectivity index (χ0n) is 14.0. The zero-order chi connectivity index (χ0) is 16.5. The van der Waals surface area contributed by atoms with Crippen LogP contribution in [0.15, 0.2) is 35.2 Å². The highest BCUT2D eigenvalue weighted by Crippen LogP contribution is 2.16. The van der Waals surface area contributed by atoms with E-state index in [0.717, 1.165) is 38.6 Å². The zero-order valence-corrected chi connectivity index (χ0v) is 14.8. The lowest BCUT2D eigenvalue weighted by Crippen LogP contribution is -2.42. The third-order valence-electron chi connectivity index (χ3n) is 3.87. The summed E-state index contributed by atoms with van der Waals surface area (Å²) < 4.78 is 5.57. The van der Waals surface area contributed by atoms with Gasteiger partial charge in [0.2, 0.25) is 0 Å². The third kappa shape index (κ3) is 6.81. The van der Waals surface area contributed by atoms with Crippen molar-refractivity contribution in [3.05, 3.63) is 30.3 Å². The molecule has 1 aromatic carbocycles. The van der Waals surface area contributed by atoms with Gasteiger partial charge in [0.1, 0.15) is 0 Å². The first-order valence-corrected chi connectivity index (χ1v) is 9.07. The number of hydrogen-bond donors (Lipinski definition) is 1. The molecule has 1 atom stereocenters. The summed E-state index contributed by atoms with van der Waals surface area (Å²) in [6.45, 7) is 4.82. The fourth-order valence-corrected chi connectivity index (χ4v) is 3.41. The number of ether oxygens (including phenoxy) is 1. The topological polar surface area (TPSA) is 44.8 Å². The van der Waals surface area contributed by atoms with Gasteiger partial charge >= 0.3 is 6.03 Å². The van der Waals surface area contributed by atoms with Crippen LogP contribution in [0.4, 0.5) is 4.79 Å². The van der Waals surface area contributed by atoms with Gasteiger partial charge in [-0.25, -0.2) is 4.79 Å². The lowest BCUT2D eigenvalue weighted by Gasteiger charge is -2.22. The Morgan fingerprint density at radius 2 is 2.22 bits per heavy atom. The molecule has 0 saturated carbocycles. The minimum atomic E-state index is -0.00874. The number of carbonyl (C=O) groups excluding carboxylic acids is 1. The van der Waals surface area contributed by atoms with Gasteiger partial charge in [0.15, 0.2) is 0 Å². The predicted octanol–water partition coefficient (Wildman–Crippen LogP) is 2.00. The van der Waals surface area contributed by atoms with Crippen molar-refractivity contribution in [1.82, 2.24) is 15.1 Å². The summed E-state index contributed by atoms with van der Waals surface area (Å²) in [6.07, 6.45) is 0. The van der Waals surface area contributed by atoms with Gasteiger partial charge in [0.05, 0.1) is 13.2 Å². The fraction of sp³-hybridized carbons (Fsp3) is 0.588. The molecule has 5 nitrogen and oxygen atoms in total. The van der Waals surface area contributed by atoms with Crippen molar-refractivity contribution in [2.24, 2.45) is 5.92 Å². The van der Waals surface area contributed by atoms with Crippen LogP contribution in [0.3, 0.4) is 0 Å². The molecule has 0 radical (unpaired) electrons. The number of hydrogen-bond acceptors (Lipinski definition) is 4. The summed E-state index contributed by atoms with van der Waals surface area (Å²) >= 11 is 1.77. The Morgan fingerprint density at radius 3 is 3.00 bits per heavy atom. The van der Waals surface area contributed by atoms with Crippen molar-refractivity contribution in [3.63, 3.8) is 0 Å². The predicted molar refractivity (Wildman–Crippen MR) is 95.0 cm³/mol. The minimum absolute atomic E-state index is 0.00874. The summed E-state index contributed by atoms with van der Waals surface area (Å²) in [4.78, 5) is 17.4. The highest BCUT2D eigenvalue weighted by Gasteiger charge is 2.17. The van der Waals surface area contributed by atoms with E-state index in [0.29, 0.717) is 12.5 Å². The monoisotopic (exact) mass is 337 g/mol. The van der Waals surface area contributed by atoms with Gasteiger partial charge in [-0.05, 0) is 19.2 Å². The first-order valence-electron chi connectivity index (χ1n) is 8.08. The number of nitrogens with one attached hydrogen (secondary N) is 1. The first-order chi connectivity index (χ1) is 11.1. The van der Waals surface area contributed by atoms with Crippen molar-refractivity contribution in [2.75, 3.05) is 59.2 Å². The van der Waals surface area contributed by atoms with Crippen LogP contribution >= 0.6 is 11.8 Å². The van der Waals surface area contributed by atoms with Crippen LogP contribution in [0.2, 0.25) is 0 Å². The molecule has 0 aromatic heterocycles. The van der Waals surface area contributed by atoms with E-state index in [4.69, 9.17) is 4.74 Å². The van der Waals surface area contributed by atoms with E-state index >= 15 is 0 Å². The van der Waals surface area contributed by atoms with Gasteiger partial charge in [-0.1, -0.05) is 18.2 Å². The second-order valence-electron chi connectivity index (χ2n) is 5.97. The van der Waals surface area contributed by atoms with Crippen molar-refractivity contribution >= 4 is 17.8 Å². The summed E-state index contributed by atoms with van der Waals surface area (Å²) in [6, 6.07) is 10.2. The van der Waals surface area contributed by atoms with Crippen molar-refractivity contribution in [2.45, 2.75) is 4.90 Å². The fourth-order valence-electron chi connectivity index (χ4n) is 2.46. The molecule has 1 heterocycles.